The van der Waals surface area contributed by atoms with E-state index in [-0.39, 0.29) is 23.8 Å². The Kier molecular flexibility index (Phi) is 5.29. The lowest BCUT2D eigenvalue weighted by Gasteiger charge is -2.14. The highest BCUT2D eigenvalue weighted by Gasteiger charge is 2.50. The largest absolute Gasteiger partial charge is 0.494 e. The van der Waals surface area contributed by atoms with Crippen LogP contribution in [0.4, 0.5) is 0 Å². The molecule has 1 aromatic carbocycles. The molecule has 0 spiro atoms. The quantitative estimate of drug-likeness (QED) is 0.772. The third kappa shape index (κ3) is 4.71. The molecule has 23 heavy (non-hydrogen) atoms. The molecule has 1 aromatic rings. The van der Waals surface area contributed by atoms with Crippen molar-refractivity contribution < 1.29 is 19.4 Å². The number of ether oxygens (including phenoxy) is 1. The van der Waals surface area contributed by atoms with Crippen LogP contribution < -0.4 is 10.1 Å². The van der Waals surface area contributed by atoms with Crippen LogP contribution >= 0.6 is 0 Å². The van der Waals surface area contributed by atoms with Crippen LogP contribution in [0.3, 0.4) is 0 Å². The average Bonchev–Trinajstić information content (AvgIpc) is 3.14. The van der Waals surface area contributed by atoms with E-state index >= 15 is 0 Å². The summed E-state index contributed by atoms with van der Waals surface area (Å²) in [4.78, 5) is 23.4. The molecule has 5 nitrogen and oxygen atoms in total. The lowest BCUT2D eigenvalue weighted by molar-refractivity contribution is -0.141. The van der Waals surface area contributed by atoms with Crippen molar-refractivity contribution in [1.29, 1.82) is 0 Å². The van der Waals surface area contributed by atoms with E-state index in [1.807, 2.05) is 45.0 Å². The monoisotopic (exact) mass is 319 g/mol. The zero-order valence-corrected chi connectivity index (χ0v) is 14.0. The zero-order chi connectivity index (χ0) is 17.0. The third-order valence-electron chi connectivity index (χ3n) is 4.42. The fourth-order valence-electron chi connectivity index (χ4n) is 2.68. The van der Waals surface area contributed by atoms with Gasteiger partial charge in [0.15, 0.2) is 0 Å². The molecule has 0 heterocycles. The van der Waals surface area contributed by atoms with Crippen molar-refractivity contribution in [2.75, 3.05) is 13.2 Å². The number of carboxylic acids is 1. The first kappa shape index (κ1) is 17.3. The normalized spacial score (nSPS) is 19.7. The lowest BCUT2D eigenvalue weighted by atomic mass is 9.99. The van der Waals surface area contributed by atoms with Gasteiger partial charge >= 0.3 is 5.97 Å². The van der Waals surface area contributed by atoms with Crippen molar-refractivity contribution in [3.63, 3.8) is 0 Å². The van der Waals surface area contributed by atoms with E-state index in [2.05, 4.69) is 5.32 Å². The highest BCUT2D eigenvalue weighted by Crippen LogP contribution is 2.51. The number of carbonyl (C=O) groups is 2. The van der Waals surface area contributed by atoms with Gasteiger partial charge in [0.25, 0.3) is 0 Å². The minimum Gasteiger partial charge on any atom is -0.494 e. The molecule has 0 saturated heterocycles. The Morgan fingerprint density at radius 1 is 1.35 bits per heavy atom. The fraction of sp³-hybridized carbons (Fsp3) is 0.556. The van der Waals surface area contributed by atoms with E-state index < -0.39 is 11.9 Å². The predicted octanol–water partition coefficient (Wildman–Crippen LogP) is 2.49. The van der Waals surface area contributed by atoms with Crippen LogP contribution in [0.2, 0.25) is 0 Å². The predicted molar refractivity (Wildman–Crippen MR) is 87.3 cm³/mol. The minimum atomic E-state index is -0.894. The third-order valence-corrected chi connectivity index (χ3v) is 4.42. The second kappa shape index (κ2) is 7.02. The molecule has 2 atom stereocenters. The van der Waals surface area contributed by atoms with Gasteiger partial charge in [0.2, 0.25) is 5.91 Å². The first-order valence-electron chi connectivity index (χ1n) is 8.05. The molecule has 1 fully saturated rings. The van der Waals surface area contributed by atoms with Crippen molar-refractivity contribution in [3.05, 3.63) is 29.8 Å². The van der Waals surface area contributed by atoms with Gasteiger partial charge in [-0.15, -0.1) is 0 Å². The molecule has 126 valence electrons. The second-order valence-electron chi connectivity index (χ2n) is 6.81. The smallest absolute Gasteiger partial charge is 0.308 e. The molecule has 1 aliphatic rings. The number of carbonyl (C=O) groups excluding carboxylic acids is 1. The molecule has 5 heteroatoms. The Balaban J connectivity index is 1.88. The van der Waals surface area contributed by atoms with E-state index in [9.17, 15) is 14.7 Å². The summed E-state index contributed by atoms with van der Waals surface area (Å²) < 4.78 is 5.37. The molecular weight excluding hydrogens is 294 g/mol. The number of carboxylic acid groups (broad SMARTS) is 1. The van der Waals surface area contributed by atoms with Gasteiger partial charge in [-0.3, -0.25) is 9.59 Å². The van der Waals surface area contributed by atoms with E-state index in [1.54, 1.807) is 0 Å². The molecule has 1 aliphatic carbocycles. The molecule has 1 amide bonds. The zero-order valence-electron chi connectivity index (χ0n) is 14.0. The minimum absolute atomic E-state index is 0.0161. The van der Waals surface area contributed by atoms with Gasteiger partial charge in [-0.25, -0.2) is 0 Å². The maximum atomic E-state index is 12.0. The summed E-state index contributed by atoms with van der Waals surface area (Å²) in [6, 6.07) is 7.41. The van der Waals surface area contributed by atoms with Gasteiger partial charge in [-0.1, -0.05) is 26.0 Å². The van der Waals surface area contributed by atoms with Crippen molar-refractivity contribution in [1.82, 2.24) is 5.32 Å². The van der Waals surface area contributed by atoms with Gasteiger partial charge in [-0.05, 0) is 42.9 Å². The number of hydrogen-bond donors (Lipinski definition) is 2. The number of nitrogens with one attached hydrogen (secondary N) is 1. The van der Waals surface area contributed by atoms with Gasteiger partial charge in [0.05, 0.1) is 12.5 Å². The summed E-state index contributed by atoms with van der Waals surface area (Å²) in [5.41, 5.74) is 0.972. The Hall–Kier alpha value is -2.04. The Bertz CT molecular complexity index is 565. The van der Waals surface area contributed by atoms with Crippen molar-refractivity contribution in [2.24, 2.45) is 17.3 Å². The number of hydrogen-bond acceptors (Lipinski definition) is 3. The Morgan fingerprint density at radius 2 is 1.96 bits per heavy atom. The SMILES string of the molecule is CCOc1ccc(CC(CNC(=O)C2CC2(C)C)C(=O)O)cc1. The Morgan fingerprint density at radius 3 is 2.43 bits per heavy atom. The number of aliphatic carboxylic acids is 1. The van der Waals surface area contributed by atoms with Gasteiger partial charge < -0.3 is 15.2 Å². The van der Waals surface area contributed by atoms with E-state index in [0.29, 0.717) is 13.0 Å². The number of benzene rings is 1. The molecule has 1 saturated carbocycles. The summed E-state index contributed by atoms with van der Waals surface area (Å²) in [6.07, 6.45) is 1.26. The van der Waals surface area contributed by atoms with Crippen LogP contribution in [-0.2, 0) is 16.0 Å². The standard InChI is InChI=1S/C18H25NO4/c1-4-23-14-7-5-12(6-8-14)9-13(17(21)22)11-19-16(20)15-10-18(15,2)3/h5-8,13,15H,4,9-11H2,1-3H3,(H,19,20)(H,21,22). The van der Waals surface area contributed by atoms with Crippen molar-refractivity contribution in [3.8, 4) is 5.75 Å². The van der Waals surface area contributed by atoms with Crippen LogP contribution in [0.25, 0.3) is 0 Å². The molecule has 0 bridgehead atoms. The second-order valence-corrected chi connectivity index (χ2v) is 6.81. The molecule has 0 aromatic heterocycles. The van der Waals surface area contributed by atoms with Crippen LogP contribution in [0.1, 0.15) is 32.8 Å². The van der Waals surface area contributed by atoms with E-state index in [4.69, 9.17) is 4.74 Å². The average molecular weight is 319 g/mol. The van der Waals surface area contributed by atoms with Crippen LogP contribution in [0.5, 0.6) is 5.75 Å². The maximum absolute atomic E-state index is 12.0. The van der Waals surface area contributed by atoms with Crippen molar-refractivity contribution >= 4 is 11.9 Å². The van der Waals surface area contributed by atoms with Crippen molar-refractivity contribution in [2.45, 2.75) is 33.6 Å². The molecule has 0 radical (unpaired) electrons. The Labute approximate surface area is 137 Å². The van der Waals surface area contributed by atoms with Gasteiger partial charge in [0.1, 0.15) is 5.75 Å². The summed E-state index contributed by atoms with van der Waals surface area (Å²) in [5, 5.41) is 12.2. The molecule has 0 aliphatic heterocycles. The highest BCUT2D eigenvalue weighted by atomic mass is 16.5. The summed E-state index contributed by atoms with van der Waals surface area (Å²) in [7, 11) is 0. The fourth-order valence-corrected chi connectivity index (χ4v) is 2.68. The van der Waals surface area contributed by atoms with E-state index in [0.717, 1.165) is 17.7 Å². The lowest BCUT2D eigenvalue weighted by Crippen LogP contribution is -2.35. The first-order valence-corrected chi connectivity index (χ1v) is 8.05. The molecule has 2 unspecified atom stereocenters. The van der Waals surface area contributed by atoms with Gasteiger partial charge in [-0.2, -0.15) is 0 Å². The maximum Gasteiger partial charge on any atom is 0.308 e. The summed E-state index contributed by atoms with van der Waals surface area (Å²) in [5.74, 6) is -0.768. The highest BCUT2D eigenvalue weighted by molar-refractivity contribution is 5.83. The molecule has 2 N–H and O–H groups in total. The van der Waals surface area contributed by atoms with Gasteiger partial charge in [0, 0.05) is 12.5 Å². The number of amides is 1. The topological polar surface area (TPSA) is 75.6 Å². The van der Waals surface area contributed by atoms with E-state index in [1.165, 1.54) is 0 Å². The molecular formula is C18H25NO4. The van der Waals surface area contributed by atoms with Crippen LogP contribution in [0, 0.1) is 17.3 Å². The summed E-state index contributed by atoms with van der Waals surface area (Å²) in [6.45, 7) is 6.77. The van der Waals surface area contributed by atoms with Crippen LogP contribution in [-0.4, -0.2) is 30.1 Å². The first-order chi connectivity index (χ1) is 10.8. The number of rotatable bonds is 8. The molecule has 2 rings (SSSR count). The summed E-state index contributed by atoms with van der Waals surface area (Å²) >= 11 is 0. The van der Waals surface area contributed by atoms with Crippen LogP contribution in [0.15, 0.2) is 24.3 Å².